The zero-order valence-corrected chi connectivity index (χ0v) is 8.24. The lowest BCUT2D eigenvalue weighted by Gasteiger charge is -2.01. The van der Waals surface area contributed by atoms with Crippen molar-refractivity contribution in [2.24, 2.45) is 0 Å². The molecule has 0 saturated carbocycles. The van der Waals surface area contributed by atoms with Gasteiger partial charge in [-0.05, 0) is 17.7 Å². The number of hydrogen-bond acceptors (Lipinski definition) is 2. The SMILES string of the molecule is O=C(Cc1cccc(F)c1F)c1ccoc1. The maximum absolute atomic E-state index is 13.3. The van der Waals surface area contributed by atoms with Crippen LogP contribution in [0.4, 0.5) is 8.78 Å². The summed E-state index contributed by atoms with van der Waals surface area (Å²) in [6.45, 7) is 0. The lowest BCUT2D eigenvalue weighted by molar-refractivity contribution is 0.0991. The van der Waals surface area contributed by atoms with Crippen LogP contribution in [0, 0.1) is 11.6 Å². The number of carbonyl (C=O) groups excluding carboxylic acids is 1. The second kappa shape index (κ2) is 4.26. The fraction of sp³-hybridized carbons (Fsp3) is 0.0833. The zero-order valence-electron chi connectivity index (χ0n) is 8.24. The Bertz CT molecular complexity index is 504. The van der Waals surface area contributed by atoms with E-state index in [-0.39, 0.29) is 17.8 Å². The molecule has 0 unspecified atom stereocenters. The van der Waals surface area contributed by atoms with E-state index in [4.69, 9.17) is 4.42 Å². The fourth-order valence-corrected chi connectivity index (χ4v) is 1.38. The van der Waals surface area contributed by atoms with Crippen molar-refractivity contribution in [2.75, 3.05) is 0 Å². The molecule has 0 spiro atoms. The molecule has 16 heavy (non-hydrogen) atoms. The summed E-state index contributed by atoms with van der Waals surface area (Å²) in [7, 11) is 0. The van der Waals surface area contributed by atoms with Gasteiger partial charge in [-0.15, -0.1) is 0 Å². The molecule has 0 N–H and O–H groups in total. The number of rotatable bonds is 3. The van der Waals surface area contributed by atoms with E-state index in [0.29, 0.717) is 5.56 Å². The van der Waals surface area contributed by atoms with Crippen molar-refractivity contribution in [1.29, 1.82) is 0 Å². The highest BCUT2D eigenvalue weighted by atomic mass is 19.2. The van der Waals surface area contributed by atoms with Crippen LogP contribution in [0.2, 0.25) is 0 Å². The van der Waals surface area contributed by atoms with Gasteiger partial charge in [-0.2, -0.15) is 0 Å². The summed E-state index contributed by atoms with van der Waals surface area (Å²) in [4.78, 5) is 11.6. The topological polar surface area (TPSA) is 30.2 Å². The predicted octanol–water partition coefficient (Wildman–Crippen LogP) is 2.98. The third-order valence-electron chi connectivity index (χ3n) is 2.23. The Morgan fingerprint density at radius 3 is 2.75 bits per heavy atom. The second-order valence-electron chi connectivity index (χ2n) is 3.32. The monoisotopic (exact) mass is 222 g/mol. The molecule has 0 aliphatic carbocycles. The van der Waals surface area contributed by atoms with Crippen molar-refractivity contribution < 1.29 is 18.0 Å². The molecule has 0 aliphatic rings. The maximum atomic E-state index is 13.3. The molecule has 1 aromatic carbocycles. The quantitative estimate of drug-likeness (QED) is 0.747. The zero-order chi connectivity index (χ0) is 11.5. The van der Waals surface area contributed by atoms with Crippen molar-refractivity contribution in [3.8, 4) is 0 Å². The minimum absolute atomic E-state index is 0.0474. The van der Waals surface area contributed by atoms with Gasteiger partial charge in [0.1, 0.15) is 6.26 Å². The highest BCUT2D eigenvalue weighted by molar-refractivity contribution is 5.97. The summed E-state index contributed by atoms with van der Waals surface area (Å²) in [5.41, 5.74) is 0.398. The highest BCUT2D eigenvalue weighted by Gasteiger charge is 2.13. The average molecular weight is 222 g/mol. The summed E-state index contributed by atoms with van der Waals surface area (Å²) in [5, 5.41) is 0. The minimum atomic E-state index is -0.973. The van der Waals surface area contributed by atoms with Crippen LogP contribution in [0.5, 0.6) is 0 Å². The second-order valence-corrected chi connectivity index (χ2v) is 3.32. The van der Waals surface area contributed by atoms with E-state index in [0.717, 1.165) is 6.07 Å². The fourth-order valence-electron chi connectivity index (χ4n) is 1.38. The van der Waals surface area contributed by atoms with Crippen LogP contribution in [0.3, 0.4) is 0 Å². The molecule has 0 fully saturated rings. The van der Waals surface area contributed by atoms with Crippen LogP contribution in [-0.4, -0.2) is 5.78 Å². The van der Waals surface area contributed by atoms with Gasteiger partial charge >= 0.3 is 0 Å². The molecule has 0 aliphatic heterocycles. The van der Waals surface area contributed by atoms with Crippen LogP contribution < -0.4 is 0 Å². The first-order chi connectivity index (χ1) is 7.68. The summed E-state index contributed by atoms with van der Waals surface area (Å²) < 4.78 is 30.9. The Hall–Kier alpha value is -1.97. The summed E-state index contributed by atoms with van der Waals surface area (Å²) in [5.74, 6) is -2.23. The molecule has 0 bridgehead atoms. The molecule has 0 atom stereocenters. The van der Waals surface area contributed by atoms with Gasteiger partial charge in [-0.3, -0.25) is 4.79 Å². The lowest BCUT2D eigenvalue weighted by Crippen LogP contribution is -2.05. The number of halogens is 2. The Morgan fingerprint density at radius 1 is 1.25 bits per heavy atom. The Morgan fingerprint density at radius 2 is 2.06 bits per heavy atom. The summed E-state index contributed by atoms with van der Waals surface area (Å²) in [6.07, 6.45) is 2.46. The number of benzene rings is 1. The predicted molar refractivity (Wildman–Crippen MR) is 53.1 cm³/mol. The molecule has 0 saturated heterocycles. The Kier molecular flexibility index (Phi) is 2.81. The molecular weight excluding hydrogens is 214 g/mol. The maximum Gasteiger partial charge on any atom is 0.170 e. The van der Waals surface area contributed by atoms with Crippen molar-refractivity contribution >= 4 is 5.78 Å². The van der Waals surface area contributed by atoms with Crippen LogP contribution in [0.1, 0.15) is 15.9 Å². The average Bonchev–Trinajstić information content (AvgIpc) is 2.78. The van der Waals surface area contributed by atoms with Gasteiger partial charge in [0.25, 0.3) is 0 Å². The molecule has 0 radical (unpaired) electrons. The minimum Gasteiger partial charge on any atom is -0.472 e. The highest BCUT2D eigenvalue weighted by Crippen LogP contribution is 2.14. The Balaban J connectivity index is 2.22. The molecule has 4 heteroatoms. The van der Waals surface area contributed by atoms with Crippen LogP contribution in [0.25, 0.3) is 0 Å². The first-order valence-corrected chi connectivity index (χ1v) is 4.67. The van der Waals surface area contributed by atoms with E-state index in [9.17, 15) is 13.6 Å². The van der Waals surface area contributed by atoms with Crippen molar-refractivity contribution in [3.05, 3.63) is 59.6 Å². The molecule has 0 amide bonds. The van der Waals surface area contributed by atoms with Crippen LogP contribution in [0.15, 0.2) is 41.2 Å². The summed E-state index contributed by atoms with van der Waals surface area (Å²) >= 11 is 0. The first-order valence-electron chi connectivity index (χ1n) is 4.67. The van der Waals surface area contributed by atoms with Gasteiger partial charge in [0, 0.05) is 6.42 Å². The van der Waals surface area contributed by atoms with E-state index >= 15 is 0 Å². The van der Waals surface area contributed by atoms with E-state index in [1.807, 2.05) is 0 Å². The molecule has 82 valence electrons. The number of furan rings is 1. The third kappa shape index (κ3) is 2.00. The normalized spacial score (nSPS) is 10.4. The summed E-state index contributed by atoms with van der Waals surface area (Å²) in [6, 6.07) is 5.26. The van der Waals surface area contributed by atoms with Crippen LogP contribution >= 0.6 is 0 Å². The van der Waals surface area contributed by atoms with Gasteiger partial charge < -0.3 is 4.42 Å². The number of Topliss-reactive ketones (excluding diaryl/α,β-unsaturated/α-hetero) is 1. The number of hydrogen-bond donors (Lipinski definition) is 0. The number of carbonyl (C=O) groups is 1. The molecular formula is C12H8F2O2. The third-order valence-corrected chi connectivity index (χ3v) is 2.23. The van der Waals surface area contributed by atoms with Gasteiger partial charge in [0.15, 0.2) is 17.4 Å². The van der Waals surface area contributed by atoms with Crippen LogP contribution in [-0.2, 0) is 6.42 Å². The smallest absolute Gasteiger partial charge is 0.170 e. The van der Waals surface area contributed by atoms with E-state index in [2.05, 4.69) is 0 Å². The lowest BCUT2D eigenvalue weighted by atomic mass is 10.0. The van der Waals surface area contributed by atoms with Crippen molar-refractivity contribution in [2.45, 2.75) is 6.42 Å². The van der Waals surface area contributed by atoms with Gasteiger partial charge in [0.2, 0.25) is 0 Å². The van der Waals surface area contributed by atoms with Gasteiger partial charge in [0.05, 0.1) is 11.8 Å². The van der Waals surface area contributed by atoms with E-state index in [1.54, 1.807) is 0 Å². The van der Waals surface area contributed by atoms with Gasteiger partial charge in [-0.1, -0.05) is 12.1 Å². The van der Waals surface area contributed by atoms with E-state index in [1.165, 1.54) is 30.7 Å². The van der Waals surface area contributed by atoms with Crippen molar-refractivity contribution in [1.82, 2.24) is 0 Å². The number of ketones is 1. The largest absolute Gasteiger partial charge is 0.472 e. The molecule has 1 heterocycles. The molecule has 2 rings (SSSR count). The molecule has 2 aromatic rings. The Labute approximate surface area is 90.5 Å². The molecule has 1 aromatic heterocycles. The standard InChI is InChI=1S/C12H8F2O2/c13-10-3-1-2-8(12(10)14)6-11(15)9-4-5-16-7-9/h1-5,7H,6H2. The van der Waals surface area contributed by atoms with Crippen molar-refractivity contribution in [3.63, 3.8) is 0 Å². The van der Waals surface area contributed by atoms with Gasteiger partial charge in [-0.25, -0.2) is 8.78 Å². The molecule has 2 nitrogen and oxygen atoms in total. The van der Waals surface area contributed by atoms with E-state index < -0.39 is 11.6 Å². The first kappa shape index (κ1) is 10.5.